The number of sulfonamides is 1. The Bertz CT molecular complexity index is 1140. The van der Waals surface area contributed by atoms with E-state index in [4.69, 9.17) is 23.2 Å². The van der Waals surface area contributed by atoms with Crippen LogP contribution in [0.1, 0.15) is 24.1 Å². The highest BCUT2D eigenvalue weighted by atomic mass is 35.5. The number of nitrogens with one attached hydrogen (secondary N) is 1. The Hall–Kier alpha value is -2.38. The largest absolute Gasteiger partial charge is 0.348 e. The first-order valence-corrected chi connectivity index (χ1v) is 11.8. The van der Waals surface area contributed by atoms with Gasteiger partial charge in [0, 0.05) is 16.6 Å². The van der Waals surface area contributed by atoms with Crippen LogP contribution in [0.25, 0.3) is 0 Å². The Morgan fingerprint density at radius 2 is 1.58 bits per heavy atom. The second-order valence-corrected chi connectivity index (χ2v) is 9.80. The number of nitrogens with zero attached hydrogens (tertiary/aromatic N) is 1. The van der Waals surface area contributed by atoms with Gasteiger partial charge in [0.1, 0.15) is 0 Å². The third-order valence-corrected chi connectivity index (χ3v) is 7.13. The molecule has 3 aromatic rings. The number of halogens is 2. The van der Waals surface area contributed by atoms with Crippen molar-refractivity contribution in [2.45, 2.75) is 24.4 Å². The molecule has 31 heavy (non-hydrogen) atoms. The number of amides is 1. The van der Waals surface area contributed by atoms with Crippen molar-refractivity contribution >= 4 is 39.1 Å². The number of rotatable bonds is 8. The molecule has 0 aliphatic carbocycles. The SMILES string of the molecule is CC(NC(=O)CN(Cc1ccc(Cl)cc1Cl)S(=O)(=O)c1ccccc1)c1ccccc1. The zero-order valence-electron chi connectivity index (χ0n) is 16.8. The molecule has 0 bridgehead atoms. The standard InChI is InChI=1S/C23H22Cl2N2O3S/c1-17(18-8-4-2-5-9-18)26-23(28)16-27(15-19-12-13-20(24)14-22(19)25)31(29,30)21-10-6-3-7-11-21/h2-14,17H,15-16H2,1H3,(H,26,28). The Morgan fingerprint density at radius 1 is 0.968 bits per heavy atom. The average Bonchev–Trinajstić information content (AvgIpc) is 2.76. The Morgan fingerprint density at radius 3 is 2.19 bits per heavy atom. The summed E-state index contributed by atoms with van der Waals surface area (Å²) in [5.41, 5.74) is 1.48. The van der Waals surface area contributed by atoms with Gasteiger partial charge in [0.05, 0.1) is 17.5 Å². The van der Waals surface area contributed by atoms with Gasteiger partial charge < -0.3 is 5.32 Å². The maximum absolute atomic E-state index is 13.3. The second kappa shape index (κ2) is 10.3. The summed E-state index contributed by atoms with van der Waals surface area (Å²) in [6.45, 7) is 1.42. The van der Waals surface area contributed by atoms with Gasteiger partial charge in [-0.05, 0) is 42.3 Å². The lowest BCUT2D eigenvalue weighted by atomic mass is 10.1. The first-order valence-electron chi connectivity index (χ1n) is 9.61. The van der Waals surface area contributed by atoms with E-state index in [-0.39, 0.29) is 24.0 Å². The number of hydrogen-bond donors (Lipinski definition) is 1. The van der Waals surface area contributed by atoms with Gasteiger partial charge in [-0.1, -0.05) is 77.8 Å². The number of benzene rings is 3. The van der Waals surface area contributed by atoms with E-state index in [9.17, 15) is 13.2 Å². The summed E-state index contributed by atoms with van der Waals surface area (Å²) in [5, 5.41) is 3.64. The summed E-state index contributed by atoms with van der Waals surface area (Å²) in [6, 6.07) is 22.0. The minimum Gasteiger partial charge on any atom is -0.348 e. The average molecular weight is 477 g/mol. The van der Waals surface area contributed by atoms with Gasteiger partial charge in [-0.3, -0.25) is 4.79 Å². The molecule has 0 heterocycles. The molecule has 162 valence electrons. The molecule has 1 atom stereocenters. The minimum absolute atomic E-state index is 0.0691. The molecule has 0 spiro atoms. The Balaban J connectivity index is 1.85. The molecule has 1 amide bonds. The number of carbonyl (C=O) groups is 1. The van der Waals surface area contributed by atoms with Gasteiger partial charge >= 0.3 is 0 Å². The van der Waals surface area contributed by atoms with Crippen molar-refractivity contribution in [3.05, 3.63) is 100 Å². The topological polar surface area (TPSA) is 66.5 Å². The highest BCUT2D eigenvalue weighted by Crippen LogP contribution is 2.25. The molecule has 0 radical (unpaired) electrons. The van der Waals surface area contributed by atoms with Crippen LogP contribution in [0.2, 0.25) is 10.0 Å². The van der Waals surface area contributed by atoms with Gasteiger partial charge in [0.2, 0.25) is 15.9 Å². The molecule has 0 aliphatic heterocycles. The highest BCUT2D eigenvalue weighted by molar-refractivity contribution is 7.89. The van der Waals surface area contributed by atoms with E-state index >= 15 is 0 Å². The van der Waals surface area contributed by atoms with Gasteiger partial charge in [-0.2, -0.15) is 4.31 Å². The van der Waals surface area contributed by atoms with Crippen LogP contribution in [0.15, 0.2) is 83.8 Å². The van der Waals surface area contributed by atoms with Crippen LogP contribution in [0.4, 0.5) is 0 Å². The van der Waals surface area contributed by atoms with Crippen molar-refractivity contribution in [1.82, 2.24) is 9.62 Å². The summed E-state index contributed by atoms with van der Waals surface area (Å²) in [6.07, 6.45) is 0. The van der Waals surface area contributed by atoms with Crippen LogP contribution < -0.4 is 5.32 Å². The van der Waals surface area contributed by atoms with Crippen molar-refractivity contribution in [3.63, 3.8) is 0 Å². The molecule has 1 unspecified atom stereocenters. The monoisotopic (exact) mass is 476 g/mol. The fraction of sp³-hybridized carbons (Fsp3) is 0.174. The van der Waals surface area contributed by atoms with E-state index in [0.717, 1.165) is 9.87 Å². The molecule has 1 N–H and O–H groups in total. The van der Waals surface area contributed by atoms with E-state index in [1.165, 1.54) is 12.1 Å². The fourth-order valence-corrected chi connectivity index (χ4v) is 4.94. The van der Waals surface area contributed by atoms with Gasteiger partial charge in [-0.25, -0.2) is 8.42 Å². The smallest absolute Gasteiger partial charge is 0.243 e. The maximum atomic E-state index is 13.3. The van der Waals surface area contributed by atoms with Gasteiger partial charge in [0.15, 0.2) is 0 Å². The third-order valence-electron chi connectivity index (χ3n) is 4.74. The van der Waals surface area contributed by atoms with E-state index in [1.807, 2.05) is 37.3 Å². The quantitative estimate of drug-likeness (QED) is 0.493. The molecule has 8 heteroatoms. The van der Waals surface area contributed by atoms with E-state index in [0.29, 0.717) is 15.6 Å². The van der Waals surface area contributed by atoms with Crippen LogP contribution in [0.5, 0.6) is 0 Å². The molecular weight excluding hydrogens is 455 g/mol. The Kier molecular flexibility index (Phi) is 7.73. The van der Waals surface area contributed by atoms with Crippen LogP contribution in [-0.2, 0) is 21.4 Å². The molecule has 0 aliphatic rings. The second-order valence-electron chi connectivity index (χ2n) is 7.02. The normalized spacial score (nSPS) is 12.5. The van der Waals surface area contributed by atoms with Gasteiger partial charge in [0.25, 0.3) is 0 Å². The lowest BCUT2D eigenvalue weighted by molar-refractivity contribution is -0.122. The summed E-state index contributed by atoms with van der Waals surface area (Å²) < 4.78 is 27.7. The van der Waals surface area contributed by atoms with Crippen LogP contribution >= 0.6 is 23.2 Å². The summed E-state index contributed by atoms with van der Waals surface area (Å²) in [7, 11) is -3.94. The molecule has 0 saturated heterocycles. The zero-order valence-corrected chi connectivity index (χ0v) is 19.2. The molecule has 3 rings (SSSR count). The van der Waals surface area contributed by atoms with Crippen LogP contribution in [0.3, 0.4) is 0 Å². The summed E-state index contributed by atoms with van der Waals surface area (Å²) in [4.78, 5) is 12.9. The van der Waals surface area contributed by atoms with Crippen molar-refractivity contribution in [1.29, 1.82) is 0 Å². The van der Waals surface area contributed by atoms with Crippen molar-refractivity contribution in [2.24, 2.45) is 0 Å². The predicted octanol–water partition coefficient (Wildman–Crippen LogP) is 5.06. The fourth-order valence-electron chi connectivity index (χ4n) is 3.08. The summed E-state index contributed by atoms with van der Waals surface area (Å²) in [5.74, 6) is -0.416. The molecule has 0 saturated carbocycles. The maximum Gasteiger partial charge on any atom is 0.243 e. The highest BCUT2D eigenvalue weighted by Gasteiger charge is 2.28. The predicted molar refractivity (Wildman–Crippen MR) is 123 cm³/mol. The van der Waals surface area contributed by atoms with Crippen molar-refractivity contribution < 1.29 is 13.2 Å². The van der Waals surface area contributed by atoms with E-state index in [2.05, 4.69) is 5.32 Å². The third kappa shape index (κ3) is 6.08. The van der Waals surface area contributed by atoms with Crippen LogP contribution in [-0.4, -0.2) is 25.2 Å². The van der Waals surface area contributed by atoms with E-state index in [1.54, 1.807) is 36.4 Å². The first-order chi connectivity index (χ1) is 14.8. The minimum atomic E-state index is -3.94. The molecule has 5 nitrogen and oxygen atoms in total. The van der Waals surface area contributed by atoms with Crippen molar-refractivity contribution in [2.75, 3.05) is 6.54 Å². The van der Waals surface area contributed by atoms with Gasteiger partial charge in [-0.15, -0.1) is 0 Å². The molecule has 3 aromatic carbocycles. The lowest BCUT2D eigenvalue weighted by Crippen LogP contribution is -2.41. The van der Waals surface area contributed by atoms with E-state index < -0.39 is 15.9 Å². The Labute approximate surface area is 192 Å². The summed E-state index contributed by atoms with van der Waals surface area (Å²) >= 11 is 12.2. The van der Waals surface area contributed by atoms with Crippen molar-refractivity contribution in [3.8, 4) is 0 Å². The molecular formula is C23H22Cl2N2O3S. The number of hydrogen-bond acceptors (Lipinski definition) is 3. The molecule has 0 aromatic heterocycles. The zero-order chi connectivity index (χ0) is 22.4. The van der Waals surface area contributed by atoms with Crippen LogP contribution in [0, 0.1) is 0 Å². The number of carbonyl (C=O) groups excluding carboxylic acids is 1. The first kappa shape index (κ1) is 23.3. The lowest BCUT2D eigenvalue weighted by Gasteiger charge is -2.24. The molecule has 0 fully saturated rings.